The highest BCUT2D eigenvalue weighted by Crippen LogP contribution is 2.57. The number of piperidine rings is 1. The maximum Gasteiger partial charge on any atom is 0.408 e. The number of thioether (sulfide) groups is 1. The summed E-state index contributed by atoms with van der Waals surface area (Å²) in [6.07, 6.45) is -0.405. The van der Waals surface area contributed by atoms with Crippen molar-refractivity contribution in [2.24, 2.45) is 0 Å². The molecule has 6 aliphatic rings. The van der Waals surface area contributed by atoms with E-state index in [0.29, 0.717) is 36.9 Å². The number of methoxy groups -OCH3 is 2. The number of ketones is 1. The van der Waals surface area contributed by atoms with Crippen molar-refractivity contribution in [3.05, 3.63) is 105 Å². The van der Waals surface area contributed by atoms with E-state index < -0.39 is 59.2 Å². The van der Waals surface area contributed by atoms with Gasteiger partial charge in [0.2, 0.25) is 12.7 Å². The third kappa shape index (κ3) is 8.63. The summed E-state index contributed by atoms with van der Waals surface area (Å²) in [5.74, 6) is 1.29. The molecule has 9 rings (SSSR count). The highest BCUT2D eigenvalue weighted by Gasteiger charge is 2.64. The molecule has 69 heavy (non-hydrogen) atoms. The molecule has 17 heteroatoms. The van der Waals surface area contributed by atoms with Gasteiger partial charge >= 0.3 is 6.09 Å². The zero-order valence-electron chi connectivity index (χ0n) is 40.4. The number of nitriles is 1. The number of amides is 2. The molecule has 0 radical (unpaired) electrons. The molecule has 3 N–H and O–H groups in total. The molecule has 2 unspecified atom stereocenters. The van der Waals surface area contributed by atoms with Crippen LogP contribution < -0.4 is 20.1 Å². The highest BCUT2D eigenvalue weighted by atomic mass is 32.2. The number of ether oxygens (including phenoxy) is 7. The van der Waals surface area contributed by atoms with E-state index >= 15 is 0 Å². The lowest BCUT2D eigenvalue weighted by atomic mass is 9.64. The summed E-state index contributed by atoms with van der Waals surface area (Å²) in [6.45, 7) is 9.05. The van der Waals surface area contributed by atoms with Gasteiger partial charge < -0.3 is 48.9 Å². The van der Waals surface area contributed by atoms with E-state index in [-0.39, 0.29) is 66.9 Å². The third-order valence-corrected chi connectivity index (χ3v) is 15.4. The van der Waals surface area contributed by atoms with Crippen LogP contribution in [0.2, 0.25) is 0 Å². The number of benzene rings is 3. The van der Waals surface area contributed by atoms with Crippen molar-refractivity contribution < 1.29 is 52.6 Å². The van der Waals surface area contributed by atoms with Crippen molar-refractivity contribution in [2.45, 2.75) is 101 Å². The number of aliphatic hydroxyl groups is 1. The number of Topliss-reactive ketones (excluding diaryl/α,β-unsaturated/α-hetero) is 1. The van der Waals surface area contributed by atoms with E-state index in [4.69, 9.17) is 33.2 Å². The summed E-state index contributed by atoms with van der Waals surface area (Å²) in [7, 11) is 5.12. The second-order valence-electron chi connectivity index (χ2n) is 19.5. The van der Waals surface area contributed by atoms with Gasteiger partial charge in [-0.15, -0.1) is 0 Å². The van der Waals surface area contributed by atoms with E-state index in [0.717, 1.165) is 16.7 Å². The molecular formula is C52H61N5O11S. The molecule has 0 aromatic heterocycles. The van der Waals surface area contributed by atoms with E-state index in [9.17, 15) is 24.8 Å². The van der Waals surface area contributed by atoms with Crippen molar-refractivity contribution in [2.75, 3.05) is 66.1 Å². The molecule has 4 aliphatic heterocycles. The highest BCUT2D eigenvalue weighted by molar-refractivity contribution is 7.99. The smallest absolute Gasteiger partial charge is 0.408 e. The monoisotopic (exact) mass is 963 g/mol. The molecule has 3 aromatic carbocycles. The normalized spacial score (nSPS) is 25.2. The largest absolute Gasteiger partial charge is 0.493 e. The minimum Gasteiger partial charge on any atom is -0.493 e. The zero-order chi connectivity index (χ0) is 48.9. The molecule has 3 aromatic rings. The van der Waals surface area contributed by atoms with E-state index in [2.05, 4.69) is 51.9 Å². The van der Waals surface area contributed by atoms with Crippen molar-refractivity contribution >= 4 is 29.5 Å². The average Bonchev–Trinajstić information content (AvgIpc) is 3.92. The standard InChI is InChI=1S/C52H61N5O11S/c1-28-19-30-20-37-39(22-53)57-38(43(56(37)6)41(30)46(44(28)63-8)65-26-64-18-17-62-7)21-52(61)42(47-45(66-27-67-47)29(2)48(52)58)40(57)23-54-49(59)36(55-50(60)68-51(3,4)5)25-69-24-35-33-15-11-9-13-31(33)32-14-10-12-16-34(32)35/h9-16,19,35-40,43,61H,17-18,20-21,23-27H2,1-8H3,(H,54,59)(H,55,60)/t36-,37+,38?,39+,40+,43+,52?/m1/s1. The molecule has 7 atom stereocenters. The number of fused-ring (bicyclic) bond motifs is 11. The SMILES string of the molecule is COCCOCOc1c(OC)c(C)cc2c1[C@@H]1C3CC4(O)C(=O)C(C)=C5OCOC5=C4[C@H](CNC(=O)[C@@H](CSCC4c5ccccc5-c5ccccc54)NC(=O)OC(C)(C)C)N3[C@@H](C#N)[C@H](C2)N1C. The summed E-state index contributed by atoms with van der Waals surface area (Å²) >= 11 is 1.54. The van der Waals surface area contributed by atoms with Gasteiger partial charge in [-0.25, -0.2) is 4.79 Å². The van der Waals surface area contributed by atoms with Crippen molar-refractivity contribution in [1.82, 2.24) is 20.4 Å². The molecule has 366 valence electrons. The molecule has 4 heterocycles. The van der Waals surface area contributed by atoms with E-state index in [1.807, 2.05) is 43.1 Å². The van der Waals surface area contributed by atoms with Gasteiger partial charge in [0.05, 0.1) is 38.5 Å². The minimum atomic E-state index is -2.12. The first-order chi connectivity index (χ1) is 33.1. The van der Waals surface area contributed by atoms with Crippen LogP contribution in [-0.4, -0.2) is 140 Å². The number of hydrogen-bond donors (Lipinski definition) is 3. The number of aryl methyl sites for hydroxylation is 1. The number of carbonyl (C=O) groups excluding carboxylic acids is 3. The van der Waals surface area contributed by atoms with Crippen LogP contribution in [0.5, 0.6) is 11.5 Å². The van der Waals surface area contributed by atoms with Crippen molar-refractivity contribution in [1.29, 1.82) is 5.26 Å². The Kier molecular flexibility index (Phi) is 13.5. The Morgan fingerprint density at radius 3 is 2.38 bits per heavy atom. The number of rotatable bonds is 15. The lowest BCUT2D eigenvalue weighted by molar-refractivity contribution is -0.148. The van der Waals surface area contributed by atoms with Gasteiger partial charge in [-0.05, 0) is 81.5 Å². The van der Waals surface area contributed by atoms with E-state index in [1.54, 1.807) is 53.7 Å². The van der Waals surface area contributed by atoms with Gasteiger partial charge in [-0.2, -0.15) is 17.0 Å². The zero-order valence-corrected chi connectivity index (χ0v) is 41.2. The number of nitrogens with zero attached hydrogens (tertiary/aromatic N) is 3. The number of nitrogens with one attached hydrogen (secondary N) is 2. The van der Waals surface area contributed by atoms with Crippen LogP contribution in [-0.2, 0) is 39.7 Å². The fourth-order valence-electron chi connectivity index (χ4n) is 11.4. The third-order valence-electron chi connectivity index (χ3n) is 14.3. The van der Waals surface area contributed by atoms with Gasteiger partial charge in [0, 0.05) is 66.3 Å². The topological polar surface area (TPSA) is 190 Å². The lowest BCUT2D eigenvalue weighted by Crippen LogP contribution is -2.75. The number of carbonyl (C=O) groups is 3. The first kappa shape index (κ1) is 48.4. The predicted molar refractivity (Wildman–Crippen MR) is 256 cm³/mol. The van der Waals surface area contributed by atoms with Crippen LogP contribution in [0, 0.1) is 18.3 Å². The Balaban J connectivity index is 1.07. The Labute approximate surface area is 407 Å². The average molecular weight is 964 g/mol. The predicted octanol–water partition coefficient (Wildman–Crippen LogP) is 5.65. The van der Waals surface area contributed by atoms with Crippen molar-refractivity contribution in [3.63, 3.8) is 0 Å². The van der Waals surface area contributed by atoms with Crippen LogP contribution >= 0.6 is 11.8 Å². The summed E-state index contributed by atoms with van der Waals surface area (Å²) in [4.78, 5) is 47.1. The first-order valence-corrected chi connectivity index (χ1v) is 24.6. The Morgan fingerprint density at radius 2 is 1.71 bits per heavy atom. The number of likely N-dealkylation sites (N-methyl/N-ethyl adjacent to an activating group) is 1. The fraction of sp³-hybridized carbons (Fsp3) is 0.500. The fourth-order valence-corrected chi connectivity index (χ4v) is 12.7. The molecular weight excluding hydrogens is 903 g/mol. The van der Waals surface area contributed by atoms with Crippen LogP contribution in [0.25, 0.3) is 11.1 Å². The second-order valence-corrected chi connectivity index (χ2v) is 20.6. The number of hydrogen-bond acceptors (Lipinski definition) is 15. The van der Waals surface area contributed by atoms with Crippen LogP contribution in [0.3, 0.4) is 0 Å². The molecule has 3 saturated heterocycles. The first-order valence-electron chi connectivity index (χ1n) is 23.4. The number of alkyl carbamates (subject to hydrolysis) is 1. The van der Waals surface area contributed by atoms with Gasteiger partial charge in [-0.1, -0.05) is 54.6 Å². The van der Waals surface area contributed by atoms with E-state index in [1.165, 1.54) is 22.3 Å². The second kappa shape index (κ2) is 19.3. The summed E-state index contributed by atoms with van der Waals surface area (Å²) in [5.41, 5.74) is 4.86. The Bertz CT molecular complexity index is 2600. The molecule has 16 nitrogen and oxygen atoms in total. The maximum atomic E-state index is 14.8. The molecule has 2 amide bonds. The Morgan fingerprint density at radius 1 is 1.01 bits per heavy atom. The Hall–Kier alpha value is -5.61. The summed E-state index contributed by atoms with van der Waals surface area (Å²) in [6, 6.07) is 16.9. The summed E-state index contributed by atoms with van der Waals surface area (Å²) in [5, 5.41) is 30.3. The molecule has 0 spiro atoms. The van der Waals surface area contributed by atoms with Gasteiger partial charge in [0.25, 0.3) is 0 Å². The lowest BCUT2D eigenvalue weighted by Gasteiger charge is -2.62. The molecule has 3 fully saturated rings. The molecule has 2 bridgehead atoms. The van der Waals surface area contributed by atoms with Crippen LogP contribution in [0.1, 0.15) is 73.9 Å². The van der Waals surface area contributed by atoms with Crippen LogP contribution in [0.15, 0.2) is 77.3 Å². The quantitative estimate of drug-likeness (QED) is 0.125. The van der Waals surface area contributed by atoms with Gasteiger partial charge in [0.1, 0.15) is 17.7 Å². The molecule has 0 saturated carbocycles. The summed E-state index contributed by atoms with van der Waals surface area (Å²) < 4.78 is 41.0. The maximum absolute atomic E-state index is 14.8. The van der Waals surface area contributed by atoms with Gasteiger partial charge in [0.15, 0.2) is 41.2 Å². The minimum absolute atomic E-state index is 0.0730. The number of piperazine rings is 1. The van der Waals surface area contributed by atoms with Crippen LogP contribution in [0.4, 0.5) is 4.79 Å². The van der Waals surface area contributed by atoms with Gasteiger partial charge in [-0.3, -0.25) is 19.4 Å². The van der Waals surface area contributed by atoms with Crippen molar-refractivity contribution in [3.8, 4) is 28.7 Å². The molecule has 2 aliphatic carbocycles.